The van der Waals surface area contributed by atoms with E-state index < -0.39 is 0 Å². The van der Waals surface area contributed by atoms with Crippen molar-refractivity contribution in [3.8, 4) is 11.3 Å². The second-order valence-corrected chi connectivity index (χ2v) is 7.13. The first-order chi connectivity index (χ1) is 13.0. The number of fused-ring (bicyclic) bond motifs is 1. The Kier molecular flexibility index (Phi) is 4.70. The number of rotatable bonds is 3. The number of pyridine rings is 1. The first kappa shape index (κ1) is 17.7. The first-order valence-electron chi connectivity index (χ1n) is 9.11. The highest BCUT2D eigenvalue weighted by Crippen LogP contribution is 2.25. The molecule has 0 atom stereocenters. The summed E-state index contributed by atoms with van der Waals surface area (Å²) in [4.78, 5) is 23.3. The number of nitrogens with one attached hydrogen (secondary N) is 1. The zero-order chi connectivity index (χ0) is 19.0. The third-order valence-corrected chi connectivity index (χ3v) is 5.17. The maximum atomic E-state index is 12.6. The molecular formula is C20H21BN4O2. The lowest BCUT2D eigenvalue weighted by Gasteiger charge is -2.28. The fourth-order valence-corrected chi connectivity index (χ4v) is 3.47. The van der Waals surface area contributed by atoms with Gasteiger partial charge >= 0.3 is 0 Å². The SMILES string of the molecule is [B]c1c(NC(=O)C2CCN(C)CC2)ncc2ccc(-c3cnc(C)o3)cc12. The van der Waals surface area contributed by atoms with Crippen molar-refractivity contribution in [3.63, 3.8) is 0 Å². The van der Waals surface area contributed by atoms with Crippen LogP contribution < -0.4 is 10.8 Å². The van der Waals surface area contributed by atoms with Gasteiger partial charge in [-0.15, -0.1) is 0 Å². The van der Waals surface area contributed by atoms with Crippen LogP contribution in [-0.4, -0.2) is 48.8 Å². The molecule has 3 heterocycles. The molecule has 136 valence electrons. The Morgan fingerprint density at radius 1 is 1.26 bits per heavy atom. The summed E-state index contributed by atoms with van der Waals surface area (Å²) < 4.78 is 5.60. The van der Waals surface area contributed by atoms with Crippen LogP contribution >= 0.6 is 0 Å². The lowest BCUT2D eigenvalue weighted by atomic mass is 9.89. The Balaban J connectivity index is 1.61. The van der Waals surface area contributed by atoms with Crippen molar-refractivity contribution in [2.45, 2.75) is 19.8 Å². The van der Waals surface area contributed by atoms with Crippen molar-refractivity contribution >= 4 is 35.8 Å². The minimum atomic E-state index is -0.0105. The molecule has 0 spiro atoms. The van der Waals surface area contributed by atoms with E-state index in [1.807, 2.05) is 18.2 Å². The molecule has 1 fully saturated rings. The van der Waals surface area contributed by atoms with E-state index in [2.05, 4.69) is 27.2 Å². The van der Waals surface area contributed by atoms with Gasteiger partial charge in [0.25, 0.3) is 0 Å². The fourth-order valence-electron chi connectivity index (χ4n) is 3.47. The summed E-state index contributed by atoms with van der Waals surface area (Å²) in [6, 6.07) is 5.83. The second kappa shape index (κ2) is 7.16. The highest BCUT2D eigenvalue weighted by molar-refractivity contribution is 6.42. The molecule has 4 rings (SSSR count). The molecule has 0 bridgehead atoms. The number of aryl methyl sites for hydroxylation is 1. The monoisotopic (exact) mass is 360 g/mol. The molecule has 1 saturated heterocycles. The number of likely N-dealkylation sites (tertiary alicyclic amines) is 1. The summed E-state index contributed by atoms with van der Waals surface area (Å²) in [5.74, 6) is 1.70. The maximum absolute atomic E-state index is 12.6. The number of amides is 1. The number of nitrogens with zero attached hydrogens (tertiary/aromatic N) is 3. The average Bonchev–Trinajstić information content (AvgIpc) is 3.11. The van der Waals surface area contributed by atoms with Crippen LogP contribution in [0.25, 0.3) is 22.1 Å². The summed E-state index contributed by atoms with van der Waals surface area (Å²) in [7, 11) is 8.41. The summed E-state index contributed by atoms with van der Waals surface area (Å²) in [6.45, 7) is 3.66. The number of anilines is 1. The van der Waals surface area contributed by atoms with Gasteiger partial charge in [-0.3, -0.25) is 4.79 Å². The van der Waals surface area contributed by atoms with Crippen LogP contribution in [0.3, 0.4) is 0 Å². The number of benzene rings is 1. The summed E-state index contributed by atoms with van der Waals surface area (Å²) in [6.07, 6.45) is 5.12. The van der Waals surface area contributed by atoms with E-state index in [9.17, 15) is 4.79 Å². The molecule has 1 N–H and O–H groups in total. The number of piperidine rings is 1. The number of hydrogen-bond acceptors (Lipinski definition) is 5. The molecule has 1 aliphatic rings. The molecule has 7 heteroatoms. The predicted molar refractivity (Wildman–Crippen MR) is 106 cm³/mol. The standard InChI is InChI=1S/C20H21BN4O2/c1-12-22-11-17(27-12)14-3-4-15-10-23-19(18(21)16(15)9-14)24-20(26)13-5-7-25(2)8-6-13/h3-4,9-11,13H,5-8H2,1-2H3,(H,23,24,26). The molecule has 2 aromatic heterocycles. The lowest BCUT2D eigenvalue weighted by molar-refractivity contribution is -0.121. The molecule has 3 aromatic rings. The topological polar surface area (TPSA) is 71.3 Å². The molecule has 1 aliphatic heterocycles. The summed E-state index contributed by atoms with van der Waals surface area (Å²) in [5, 5.41) is 4.66. The molecule has 1 aromatic carbocycles. The van der Waals surface area contributed by atoms with Crippen LogP contribution in [0.15, 0.2) is 35.0 Å². The Morgan fingerprint density at radius 3 is 2.74 bits per heavy atom. The Labute approximate surface area is 159 Å². The van der Waals surface area contributed by atoms with Gasteiger partial charge in [0.05, 0.1) is 6.20 Å². The maximum Gasteiger partial charge on any atom is 0.228 e. The highest BCUT2D eigenvalue weighted by Gasteiger charge is 2.24. The first-order valence-corrected chi connectivity index (χ1v) is 9.11. The van der Waals surface area contributed by atoms with Gasteiger partial charge in [0.2, 0.25) is 5.91 Å². The average molecular weight is 360 g/mol. The van der Waals surface area contributed by atoms with Gasteiger partial charge in [0.1, 0.15) is 13.7 Å². The van der Waals surface area contributed by atoms with E-state index in [0.717, 1.165) is 42.3 Å². The minimum absolute atomic E-state index is 0.00148. The summed E-state index contributed by atoms with van der Waals surface area (Å²) >= 11 is 0. The van der Waals surface area contributed by atoms with Crippen molar-refractivity contribution in [1.82, 2.24) is 14.9 Å². The molecule has 6 nitrogen and oxygen atoms in total. The number of hydrogen-bond donors (Lipinski definition) is 1. The van der Waals surface area contributed by atoms with Gasteiger partial charge in [0.15, 0.2) is 11.7 Å². The van der Waals surface area contributed by atoms with E-state index in [4.69, 9.17) is 12.3 Å². The molecule has 0 unspecified atom stereocenters. The number of carbonyl (C=O) groups is 1. The van der Waals surface area contributed by atoms with Crippen molar-refractivity contribution in [2.24, 2.45) is 5.92 Å². The smallest absolute Gasteiger partial charge is 0.228 e. The van der Waals surface area contributed by atoms with E-state index in [1.54, 1.807) is 19.3 Å². The molecule has 27 heavy (non-hydrogen) atoms. The van der Waals surface area contributed by atoms with Crippen LogP contribution in [0.5, 0.6) is 0 Å². The zero-order valence-corrected chi connectivity index (χ0v) is 15.5. The second-order valence-electron chi connectivity index (χ2n) is 7.13. The quantitative estimate of drug-likeness (QED) is 0.726. The van der Waals surface area contributed by atoms with Gasteiger partial charge in [-0.05, 0) is 55.3 Å². The van der Waals surface area contributed by atoms with Gasteiger partial charge < -0.3 is 14.6 Å². The highest BCUT2D eigenvalue weighted by atomic mass is 16.4. The van der Waals surface area contributed by atoms with Crippen LogP contribution in [0, 0.1) is 12.8 Å². The van der Waals surface area contributed by atoms with E-state index in [0.29, 0.717) is 22.9 Å². The van der Waals surface area contributed by atoms with Gasteiger partial charge in [0, 0.05) is 24.6 Å². The molecule has 1 amide bonds. The van der Waals surface area contributed by atoms with Gasteiger partial charge in [-0.1, -0.05) is 12.1 Å². The normalized spacial score (nSPS) is 15.9. The Morgan fingerprint density at radius 2 is 2.04 bits per heavy atom. The number of aromatic nitrogens is 2. The molecule has 0 saturated carbocycles. The number of carbonyl (C=O) groups excluding carboxylic acids is 1. The number of oxazole rings is 1. The van der Waals surface area contributed by atoms with E-state index >= 15 is 0 Å². The van der Waals surface area contributed by atoms with Gasteiger partial charge in [-0.25, -0.2) is 9.97 Å². The predicted octanol–water partition coefficient (Wildman–Crippen LogP) is 2.27. The van der Waals surface area contributed by atoms with Crippen molar-refractivity contribution < 1.29 is 9.21 Å². The van der Waals surface area contributed by atoms with Crippen LogP contribution in [0.1, 0.15) is 18.7 Å². The minimum Gasteiger partial charge on any atom is -0.441 e. The van der Waals surface area contributed by atoms with Crippen LogP contribution in [0.4, 0.5) is 5.82 Å². The van der Waals surface area contributed by atoms with Crippen molar-refractivity contribution in [1.29, 1.82) is 0 Å². The Bertz CT molecular complexity index is 993. The van der Waals surface area contributed by atoms with Crippen molar-refractivity contribution in [3.05, 3.63) is 36.5 Å². The van der Waals surface area contributed by atoms with Crippen molar-refractivity contribution in [2.75, 3.05) is 25.5 Å². The molecular weight excluding hydrogens is 339 g/mol. The third-order valence-electron chi connectivity index (χ3n) is 5.17. The molecule has 0 aliphatic carbocycles. The van der Waals surface area contributed by atoms with E-state index in [1.165, 1.54) is 0 Å². The Hall–Kier alpha value is -2.67. The van der Waals surface area contributed by atoms with E-state index in [-0.39, 0.29) is 11.8 Å². The summed E-state index contributed by atoms with van der Waals surface area (Å²) in [5.41, 5.74) is 1.35. The molecule has 2 radical (unpaired) electrons. The fraction of sp³-hybridized carbons (Fsp3) is 0.350. The largest absolute Gasteiger partial charge is 0.441 e. The van der Waals surface area contributed by atoms with Gasteiger partial charge in [-0.2, -0.15) is 0 Å². The van der Waals surface area contributed by atoms with Crippen LogP contribution in [0.2, 0.25) is 0 Å². The van der Waals surface area contributed by atoms with Crippen LogP contribution in [-0.2, 0) is 4.79 Å². The lowest BCUT2D eigenvalue weighted by Crippen LogP contribution is -2.36. The zero-order valence-electron chi connectivity index (χ0n) is 15.5. The third kappa shape index (κ3) is 3.60.